The highest BCUT2D eigenvalue weighted by Crippen LogP contribution is 2.20. The predicted octanol–water partition coefficient (Wildman–Crippen LogP) is 0.149. The van der Waals surface area contributed by atoms with Gasteiger partial charge in [-0.2, -0.15) is 0 Å². The molecule has 2 aliphatic rings. The average Bonchev–Trinajstić information content (AvgIpc) is 2.78. The highest BCUT2D eigenvalue weighted by atomic mass is 16.2. The molecular formula is C12H23N3O. The molecule has 0 spiro atoms. The Morgan fingerprint density at radius 2 is 1.94 bits per heavy atom. The van der Waals surface area contributed by atoms with E-state index in [-0.39, 0.29) is 5.92 Å². The Kier molecular flexibility index (Phi) is 3.82. The molecule has 0 aromatic carbocycles. The molecule has 0 aromatic rings. The van der Waals surface area contributed by atoms with Crippen LogP contribution in [-0.2, 0) is 4.79 Å². The van der Waals surface area contributed by atoms with Crippen molar-refractivity contribution in [1.29, 1.82) is 0 Å². The van der Waals surface area contributed by atoms with Crippen LogP contribution in [0, 0.1) is 5.92 Å². The topological polar surface area (TPSA) is 35.6 Å². The number of likely N-dealkylation sites (N-methyl/N-ethyl adjacent to an activating group) is 1. The average molecular weight is 225 g/mol. The van der Waals surface area contributed by atoms with Crippen LogP contribution in [0.5, 0.6) is 0 Å². The Balaban J connectivity index is 1.86. The third kappa shape index (κ3) is 2.55. The normalized spacial score (nSPS) is 27.7. The Hall–Kier alpha value is -0.610. The third-order valence-corrected chi connectivity index (χ3v) is 3.89. The second kappa shape index (κ2) is 5.15. The lowest BCUT2D eigenvalue weighted by atomic mass is 9.97. The first kappa shape index (κ1) is 11.9. The maximum Gasteiger partial charge on any atom is 0.225 e. The molecule has 2 saturated heterocycles. The van der Waals surface area contributed by atoms with Crippen molar-refractivity contribution in [3.05, 3.63) is 0 Å². The summed E-state index contributed by atoms with van der Waals surface area (Å²) in [5.41, 5.74) is 0. The van der Waals surface area contributed by atoms with Crippen molar-refractivity contribution in [2.24, 2.45) is 5.92 Å². The van der Waals surface area contributed by atoms with Crippen LogP contribution in [-0.4, -0.2) is 62.0 Å². The second-order valence-electron chi connectivity index (χ2n) is 5.21. The van der Waals surface area contributed by atoms with Crippen LogP contribution in [0.25, 0.3) is 0 Å². The van der Waals surface area contributed by atoms with Crippen LogP contribution in [0.15, 0.2) is 0 Å². The first-order valence-electron chi connectivity index (χ1n) is 6.34. The van der Waals surface area contributed by atoms with Crippen LogP contribution in [0.3, 0.4) is 0 Å². The first-order valence-corrected chi connectivity index (χ1v) is 6.34. The SMILES string of the molecule is CN(C)C1CCN(C(=O)C2CCNCC2)C1. The lowest BCUT2D eigenvalue weighted by Crippen LogP contribution is -2.41. The van der Waals surface area contributed by atoms with E-state index in [0.29, 0.717) is 11.9 Å². The number of nitrogens with zero attached hydrogens (tertiary/aromatic N) is 2. The van der Waals surface area contributed by atoms with Gasteiger partial charge in [0.1, 0.15) is 0 Å². The van der Waals surface area contributed by atoms with Crippen LogP contribution < -0.4 is 5.32 Å². The van der Waals surface area contributed by atoms with Gasteiger partial charge >= 0.3 is 0 Å². The molecule has 4 heteroatoms. The van der Waals surface area contributed by atoms with E-state index in [1.165, 1.54) is 0 Å². The zero-order chi connectivity index (χ0) is 11.5. The molecule has 1 amide bonds. The fourth-order valence-corrected chi connectivity index (χ4v) is 2.69. The van der Waals surface area contributed by atoms with E-state index < -0.39 is 0 Å². The summed E-state index contributed by atoms with van der Waals surface area (Å²) in [5.74, 6) is 0.674. The third-order valence-electron chi connectivity index (χ3n) is 3.89. The van der Waals surface area contributed by atoms with E-state index in [4.69, 9.17) is 0 Å². The molecule has 16 heavy (non-hydrogen) atoms. The second-order valence-corrected chi connectivity index (χ2v) is 5.21. The Labute approximate surface area is 98.0 Å². The maximum atomic E-state index is 12.2. The number of nitrogens with one attached hydrogen (secondary N) is 1. The molecule has 1 N–H and O–H groups in total. The number of carbonyl (C=O) groups excluding carboxylic acids is 1. The molecule has 92 valence electrons. The number of hydrogen-bond donors (Lipinski definition) is 1. The number of likely N-dealkylation sites (tertiary alicyclic amines) is 1. The summed E-state index contributed by atoms with van der Waals surface area (Å²) in [7, 11) is 4.20. The molecule has 1 atom stereocenters. The van der Waals surface area contributed by atoms with E-state index in [9.17, 15) is 4.79 Å². The molecule has 2 heterocycles. The van der Waals surface area contributed by atoms with Crippen LogP contribution in [0.2, 0.25) is 0 Å². The number of hydrogen-bond acceptors (Lipinski definition) is 3. The van der Waals surface area contributed by atoms with Gasteiger partial charge in [-0.25, -0.2) is 0 Å². The number of rotatable bonds is 2. The summed E-state index contributed by atoms with van der Waals surface area (Å²) >= 11 is 0. The molecule has 0 aliphatic carbocycles. The Morgan fingerprint density at radius 3 is 2.50 bits per heavy atom. The zero-order valence-electron chi connectivity index (χ0n) is 10.4. The van der Waals surface area contributed by atoms with Gasteiger partial charge in [-0.05, 0) is 46.4 Å². The lowest BCUT2D eigenvalue weighted by molar-refractivity contribution is -0.135. The van der Waals surface area contributed by atoms with E-state index >= 15 is 0 Å². The van der Waals surface area contributed by atoms with Crippen molar-refractivity contribution < 1.29 is 4.79 Å². The van der Waals surface area contributed by atoms with Crippen molar-refractivity contribution in [2.75, 3.05) is 40.3 Å². The van der Waals surface area contributed by atoms with Gasteiger partial charge in [0.2, 0.25) is 5.91 Å². The largest absolute Gasteiger partial charge is 0.341 e. The van der Waals surface area contributed by atoms with Crippen molar-refractivity contribution in [3.8, 4) is 0 Å². The highest BCUT2D eigenvalue weighted by Gasteiger charge is 2.31. The fraction of sp³-hybridized carbons (Fsp3) is 0.917. The molecule has 2 fully saturated rings. The van der Waals surface area contributed by atoms with E-state index in [0.717, 1.165) is 45.4 Å². The van der Waals surface area contributed by atoms with Crippen LogP contribution in [0.1, 0.15) is 19.3 Å². The van der Waals surface area contributed by atoms with Crippen LogP contribution >= 0.6 is 0 Å². The quantitative estimate of drug-likeness (QED) is 0.726. The molecule has 1 unspecified atom stereocenters. The van der Waals surface area contributed by atoms with Gasteiger partial charge in [0.25, 0.3) is 0 Å². The molecule has 0 saturated carbocycles. The monoisotopic (exact) mass is 225 g/mol. The summed E-state index contributed by atoms with van der Waals surface area (Å²) in [6.07, 6.45) is 3.16. The summed E-state index contributed by atoms with van der Waals surface area (Å²) in [4.78, 5) is 16.6. The van der Waals surface area contributed by atoms with Crippen molar-refractivity contribution >= 4 is 5.91 Å². The Morgan fingerprint density at radius 1 is 1.25 bits per heavy atom. The number of amides is 1. The van der Waals surface area contributed by atoms with Gasteiger partial charge < -0.3 is 15.1 Å². The number of piperidine rings is 1. The van der Waals surface area contributed by atoms with Gasteiger partial charge in [0.15, 0.2) is 0 Å². The van der Waals surface area contributed by atoms with Crippen molar-refractivity contribution in [3.63, 3.8) is 0 Å². The van der Waals surface area contributed by atoms with Gasteiger partial charge in [-0.1, -0.05) is 0 Å². The molecule has 2 aliphatic heterocycles. The lowest BCUT2D eigenvalue weighted by Gasteiger charge is -2.27. The van der Waals surface area contributed by atoms with Gasteiger partial charge in [-0.15, -0.1) is 0 Å². The number of carbonyl (C=O) groups is 1. The van der Waals surface area contributed by atoms with Crippen molar-refractivity contribution in [2.45, 2.75) is 25.3 Å². The summed E-state index contributed by atoms with van der Waals surface area (Å²) < 4.78 is 0. The van der Waals surface area contributed by atoms with Gasteiger partial charge in [0.05, 0.1) is 0 Å². The molecule has 0 aromatic heterocycles. The standard InChI is InChI=1S/C12H23N3O/c1-14(2)11-5-8-15(9-11)12(16)10-3-6-13-7-4-10/h10-11,13H,3-9H2,1-2H3. The van der Waals surface area contributed by atoms with E-state index in [1.54, 1.807) is 0 Å². The smallest absolute Gasteiger partial charge is 0.225 e. The minimum absolute atomic E-state index is 0.280. The van der Waals surface area contributed by atoms with Gasteiger partial charge in [-0.3, -0.25) is 4.79 Å². The summed E-state index contributed by atoms with van der Waals surface area (Å²) in [6, 6.07) is 0.561. The summed E-state index contributed by atoms with van der Waals surface area (Å²) in [6.45, 7) is 3.88. The fourth-order valence-electron chi connectivity index (χ4n) is 2.69. The van der Waals surface area contributed by atoms with E-state index in [2.05, 4.69) is 29.2 Å². The minimum atomic E-state index is 0.280. The van der Waals surface area contributed by atoms with E-state index in [1.807, 2.05) is 0 Å². The molecule has 0 bridgehead atoms. The molecule has 0 radical (unpaired) electrons. The van der Waals surface area contributed by atoms with Crippen LogP contribution in [0.4, 0.5) is 0 Å². The van der Waals surface area contributed by atoms with Crippen molar-refractivity contribution in [1.82, 2.24) is 15.1 Å². The zero-order valence-corrected chi connectivity index (χ0v) is 10.4. The molecule has 2 rings (SSSR count). The molecule has 4 nitrogen and oxygen atoms in total. The Bertz CT molecular complexity index is 249. The summed E-state index contributed by atoms with van der Waals surface area (Å²) in [5, 5.41) is 3.31. The predicted molar refractivity (Wildman–Crippen MR) is 64.3 cm³/mol. The minimum Gasteiger partial charge on any atom is -0.341 e. The maximum absolute atomic E-state index is 12.2. The first-order chi connectivity index (χ1) is 7.68. The highest BCUT2D eigenvalue weighted by molar-refractivity contribution is 5.79. The molecular weight excluding hydrogens is 202 g/mol. The van der Waals surface area contributed by atoms with Gasteiger partial charge in [0, 0.05) is 25.0 Å².